The van der Waals surface area contributed by atoms with Crippen LogP contribution in [0.3, 0.4) is 0 Å². The summed E-state index contributed by atoms with van der Waals surface area (Å²) in [6, 6.07) is 8.66. The van der Waals surface area contributed by atoms with Gasteiger partial charge in [-0.3, -0.25) is 4.79 Å². The number of halogens is 2. The second kappa shape index (κ2) is 6.75. The first-order chi connectivity index (χ1) is 11.1. The molecule has 0 bridgehead atoms. The summed E-state index contributed by atoms with van der Waals surface area (Å²) in [6.07, 6.45) is 1.58. The van der Waals surface area contributed by atoms with Gasteiger partial charge in [-0.2, -0.15) is 11.3 Å². The average Bonchev–Trinajstić information content (AvgIpc) is 3.24. The Morgan fingerprint density at radius 2 is 2.09 bits per heavy atom. The van der Waals surface area contributed by atoms with Crippen molar-refractivity contribution < 1.29 is 18.0 Å². The fourth-order valence-electron chi connectivity index (χ4n) is 2.28. The molecule has 0 saturated heterocycles. The maximum absolute atomic E-state index is 13.2. The van der Waals surface area contributed by atoms with Gasteiger partial charge in [0.15, 0.2) is 11.6 Å². The molecule has 23 heavy (non-hydrogen) atoms. The van der Waals surface area contributed by atoms with E-state index in [2.05, 4.69) is 5.32 Å². The van der Waals surface area contributed by atoms with Gasteiger partial charge in [-0.15, -0.1) is 0 Å². The Hall–Kier alpha value is -2.47. The van der Waals surface area contributed by atoms with Crippen LogP contribution in [0.5, 0.6) is 0 Å². The van der Waals surface area contributed by atoms with Crippen LogP contribution in [0.4, 0.5) is 8.78 Å². The van der Waals surface area contributed by atoms with Crippen molar-refractivity contribution in [1.29, 1.82) is 0 Å². The van der Waals surface area contributed by atoms with Gasteiger partial charge in [-0.25, -0.2) is 8.78 Å². The van der Waals surface area contributed by atoms with Crippen LogP contribution in [-0.2, 0) is 0 Å². The van der Waals surface area contributed by atoms with Gasteiger partial charge in [-0.05, 0) is 52.7 Å². The predicted octanol–water partition coefficient (Wildman–Crippen LogP) is 4.18. The van der Waals surface area contributed by atoms with Gasteiger partial charge in [-0.1, -0.05) is 0 Å². The molecular weight excluding hydrogens is 320 g/mol. The number of furan rings is 1. The van der Waals surface area contributed by atoms with Crippen LogP contribution in [0.1, 0.15) is 27.6 Å². The number of amides is 1. The van der Waals surface area contributed by atoms with Crippen LogP contribution in [-0.4, -0.2) is 12.5 Å². The van der Waals surface area contributed by atoms with Gasteiger partial charge in [0, 0.05) is 12.1 Å². The van der Waals surface area contributed by atoms with Crippen molar-refractivity contribution in [1.82, 2.24) is 5.32 Å². The molecule has 0 saturated carbocycles. The Bertz CT molecular complexity index is 751. The third-order valence-corrected chi connectivity index (χ3v) is 4.18. The summed E-state index contributed by atoms with van der Waals surface area (Å²) in [7, 11) is 0. The number of thiophene rings is 1. The second-order valence-electron chi connectivity index (χ2n) is 4.96. The molecule has 3 aromatic rings. The van der Waals surface area contributed by atoms with E-state index < -0.39 is 17.5 Å². The first kappa shape index (κ1) is 15.4. The predicted molar refractivity (Wildman–Crippen MR) is 83.6 cm³/mol. The van der Waals surface area contributed by atoms with Crippen LogP contribution in [0.2, 0.25) is 0 Å². The second-order valence-corrected chi connectivity index (χ2v) is 5.74. The van der Waals surface area contributed by atoms with E-state index >= 15 is 0 Å². The molecule has 1 unspecified atom stereocenters. The lowest BCUT2D eigenvalue weighted by Crippen LogP contribution is -2.28. The molecule has 0 spiro atoms. The molecule has 2 aromatic heterocycles. The zero-order chi connectivity index (χ0) is 16.2. The number of carbonyl (C=O) groups is 1. The molecule has 2 heterocycles. The monoisotopic (exact) mass is 333 g/mol. The average molecular weight is 333 g/mol. The van der Waals surface area contributed by atoms with E-state index in [9.17, 15) is 13.6 Å². The van der Waals surface area contributed by atoms with Crippen LogP contribution in [0.25, 0.3) is 0 Å². The third-order valence-electron chi connectivity index (χ3n) is 3.48. The van der Waals surface area contributed by atoms with Gasteiger partial charge in [0.1, 0.15) is 5.76 Å². The Balaban J connectivity index is 1.74. The maximum Gasteiger partial charge on any atom is 0.251 e. The van der Waals surface area contributed by atoms with E-state index in [1.165, 1.54) is 6.07 Å². The Morgan fingerprint density at radius 3 is 2.74 bits per heavy atom. The van der Waals surface area contributed by atoms with Crippen molar-refractivity contribution in [2.24, 2.45) is 0 Å². The number of hydrogen-bond acceptors (Lipinski definition) is 3. The van der Waals surface area contributed by atoms with Gasteiger partial charge in [0.25, 0.3) is 5.91 Å². The Labute approximate surface area is 135 Å². The minimum absolute atomic E-state index is 0.0763. The molecule has 3 rings (SSSR count). The smallest absolute Gasteiger partial charge is 0.251 e. The zero-order valence-electron chi connectivity index (χ0n) is 12.0. The lowest BCUT2D eigenvalue weighted by molar-refractivity contribution is 0.0951. The molecule has 1 N–H and O–H groups in total. The van der Waals surface area contributed by atoms with E-state index in [0.717, 1.165) is 23.5 Å². The standard InChI is InChI=1S/C17H13F2NO2S/c18-14-4-3-11(8-15(14)19)17(21)20-9-13(12-5-7-23-10-12)16-2-1-6-22-16/h1-8,10,13H,9H2,(H,20,21). The van der Waals surface area contributed by atoms with E-state index in [1.807, 2.05) is 22.9 Å². The van der Waals surface area contributed by atoms with Crippen molar-refractivity contribution in [2.75, 3.05) is 6.54 Å². The summed E-state index contributed by atoms with van der Waals surface area (Å²) in [5.41, 5.74) is 1.10. The van der Waals surface area contributed by atoms with Crippen LogP contribution in [0, 0.1) is 11.6 Å². The molecule has 0 aliphatic heterocycles. The third kappa shape index (κ3) is 3.48. The molecular formula is C17H13F2NO2S. The SMILES string of the molecule is O=C(NCC(c1ccsc1)c1ccco1)c1ccc(F)c(F)c1. The normalized spacial score (nSPS) is 12.1. The molecule has 3 nitrogen and oxygen atoms in total. The molecule has 0 aliphatic carbocycles. The number of nitrogens with one attached hydrogen (secondary N) is 1. The van der Waals surface area contributed by atoms with E-state index in [1.54, 1.807) is 23.7 Å². The van der Waals surface area contributed by atoms with Gasteiger partial charge >= 0.3 is 0 Å². The molecule has 0 radical (unpaired) electrons. The lowest BCUT2D eigenvalue weighted by atomic mass is 9.99. The summed E-state index contributed by atoms with van der Waals surface area (Å²) in [5.74, 6) is -1.89. The molecule has 1 atom stereocenters. The van der Waals surface area contributed by atoms with Gasteiger partial charge < -0.3 is 9.73 Å². The van der Waals surface area contributed by atoms with Crippen LogP contribution < -0.4 is 5.32 Å². The fourth-order valence-corrected chi connectivity index (χ4v) is 2.99. The Kier molecular flexibility index (Phi) is 4.52. The number of carbonyl (C=O) groups excluding carboxylic acids is 1. The highest BCUT2D eigenvalue weighted by atomic mass is 32.1. The minimum atomic E-state index is -1.04. The molecule has 1 aromatic carbocycles. The highest BCUT2D eigenvalue weighted by Gasteiger charge is 2.19. The number of hydrogen-bond donors (Lipinski definition) is 1. The van der Waals surface area contributed by atoms with Gasteiger partial charge in [0.05, 0.1) is 12.2 Å². The summed E-state index contributed by atoms with van der Waals surface area (Å²) in [4.78, 5) is 12.1. The van der Waals surface area contributed by atoms with Crippen molar-refractivity contribution in [3.05, 3.63) is 81.9 Å². The maximum atomic E-state index is 13.2. The van der Waals surface area contributed by atoms with Crippen molar-refractivity contribution in [2.45, 2.75) is 5.92 Å². The first-order valence-electron chi connectivity index (χ1n) is 6.94. The van der Waals surface area contributed by atoms with Gasteiger partial charge in [0.2, 0.25) is 0 Å². The minimum Gasteiger partial charge on any atom is -0.469 e. The largest absolute Gasteiger partial charge is 0.469 e. The highest BCUT2D eigenvalue weighted by Crippen LogP contribution is 2.26. The summed E-state index contributed by atoms with van der Waals surface area (Å²) in [6.45, 7) is 0.294. The van der Waals surface area contributed by atoms with E-state index in [-0.39, 0.29) is 11.5 Å². The van der Waals surface area contributed by atoms with Crippen LogP contribution in [0.15, 0.2) is 57.8 Å². The topological polar surface area (TPSA) is 42.2 Å². The number of benzene rings is 1. The van der Waals surface area contributed by atoms with Crippen molar-refractivity contribution in [3.63, 3.8) is 0 Å². The first-order valence-corrected chi connectivity index (χ1v) is 7.88. The van der Waals surface area contributed by atoms with Crippen molar-refractivity contribution >= 4 is 17.2 Å². The molecule has 118 valence electrons. The van der Waals surface area contributed by atoms with Crippen molar-refractivity contribution in [3.8, 4) is 0 Å². The van der Waals surface area contributed by atoms with Crippen LogP contribution >= 0.6 is 11.3 Å². The quantitative estimate of drug-likeness (QED) is 0.761. The fraction of sp³-hybridized carbons (Fsp3) is 0.118. The Morgan fingerprint density at radius 1 is 1.22 bits per heavy atom. The van der Waals surface area contributed by atoms with E-state index in [0.29, 0.717) is 6.54 Å². The summed E-state index contributed by atoms with van der Waals surface area (Å²) < 4.78 is 31.6. The molecule has 0 fully saturated rings. The molecule has 0 aliphatic rings. The highest BCUT2D eigenvalue weighted by molar-refractivity contribution is 7.08. The number of rotatable bonds is 5. The zero-order valence-corrected chi connectivity index (χ0v) is 12.8. The van der Waals surface area contributed by atoms with E-state index in [4.69, 9.17) is 4.42 Å². The summed E-state index contributed by atoms with van der Waals surface area (Å²) >= 11 is 1.55. The molecule has 6 heteroatoms. The summed E-state index contributed by atoms with van der Waals surface area (Å²) in [5, 5.41) is 6.67. The molecule has 1 amide bonds. The lowest BCUT2D eigenvalue weighted by Gasteiger charge is -2.14.